The van der Waals surface area contributed by atoms with Crippen LogP contribution in [0.5, 0.6) is 0 Å². The molecule has 0 aliphatic carbocycles. The zero-order valence-corrected chi connectivity index (χ0v) is 14.6. The summed E-state index contributed by atoms with van der Waals surface area (Å²) in [4.78, 5) is 12.1. The highest BCUT2D eigenvalue weighted by Gasteiger charge is 2.15. The summed E-state index contributed by atoms with van der Waals surface area (Å²) in [5, 5.41) is 10.6. The number of hydrogen-bond donors (Lipinski definition) is 2. The Morgan fingerprint density at radius 2 is 2.12 bits per heavy atom. The molecule has 2 aromatic rings. The molecule has 24 heavy (non-hydrogen) atoms. The molecule has 1 aliphatic rings. The second-order valence-corrected chi connectivity index (χ2v) is 6.15. The first-order valence-corrected chi connectivity index (χ1v) is 8.33. The van der Waals surface area contributed by atoms with E-state index in [-0.39, 0.29) is 18.3 Å². The standard InChI is InChI=1S/C18H24N4O.ClH/c23-18(7-6-15-8-10-19-12-15)20-13-16-4-1-2-5-17(16)14-22-11-3-9-21-22;/h1-5,9,11,15,19H,6-8,10,12-14H2,(H,20,23);1H. The number of hydrogen-bond acceptors (Lipinski definition) is 3. The number of amides is 1. The molecule has 130 valence electrons. The van der Waals surface area contributed by atoms with Gasteiger partial charge in [-0.2, -0.15) is 5.10 Å². The molecular formula is C18H25ClN4O. The van der Waals surface area contributed by atoms with Gasteiger partial charge in [-0.3, -0.25) is 9.48 Å². The van der Waals surface area contributed by atoms with E-state index < -0.39 is 0 Å². The minimum absolute atomic E-state index is 0. The average Bonchev–Trinajstić information content (AvgIpc) is 3.25. The largest absolute Gasteiger partial charge is 0.352 e. The number of aromatic nitrogens is 2. The van der Waals surface area contributed by atoms with E-state index in [9.17, 15) is 4.79 Å². The lowest BCUT2D eigenvalue weighted by Crippen LogP contribution is -2.24. The van der Waals surface area contributed by atoms with E-state index in [1.54, 1.807) is 6.20 Å². The third kappa shape index (κ3) is 5.35. The van der Waals surface area contributed by atoms with Crippen LogP contribution in [0.4, 0.5) is 0 Å². The van der Waals surface area contributed by atoms with E-state index in [4.69, 9.17) is 0 Å². The normalized spacial score (nSPS) is 16.6. The molecule has 1 atom stereocenters. The van der Waals surface area contributed by atoms with Crippen LogP contribution < -0.4 is 10.6 Å². The Morgan fingerprint density at radius 3 is 2.83 bits per heavy atom. The van der Waals surface area contributed by atoms with E-state index in [0.717, 1.165) is 31.6 Å². The maximum atomic E-state index is 12.1. The highest BCUT2D eigenvalue weighted by Crippen LogP contribution is 2.14. The molecule has 2 N–H and O–H groups in total. The molecule has 0 bridgehead atoms. The van der Waals surface area contributed by atoms with Crippen LogP contribution in [0.15, 0.2) is 42.7 Å². The van der Waals surface area contributed by atoms with Crippen molar-refractivity contribution in [3.8, 4) is 0 Å². The molecule has 1 aliphatic heterocycles. The molecule has 1 fully saturated rings. The number of carbonyl (C=O) groups is 1. The molecule has 1 aromatic carbocycles. The van der Waals surface area contributed by atoms with E-state index in [0.29, 0.717) is 18.9 Å². The number of carbonyl (C=O) groups excluding carboxylic acids is 1. The first-order valence-electron chi connectivity index (χ1n) is 8.33. The second-order valence-electron chi connectivity index (χ2n) is 6.15. The van der Waals surface area contributed by atoms with Gasteiger partial charge in [-0.25, -0.2) is 0 Å². The summed E-state index contributed by atoms with van der Waals surface area (Å²) >= 11 is 0. The molecule has 6 heteroatoms. The average molecular weight is 349 g/mol. The van der Waals surface area contributed by atoms with Crippen molar-refractivity contribution in [2.45, 2.75) is 32.4 Å². The predicted octanol–water partition coefficient (Wildman–Crippen LogP) is 2.36. The minimum Gasteiger partial charge on any atom is -0.352 e. The molecular weight excluding hydrogens is 324 g/mol. The van der Waals surface area contributed by atoms with E-state index in [1.165, 1.54) is 12.0 Å². The first-order chi connectivity index (χ1) is 11.3. The van der Waals surface area contributed by atoms with Crippen LogP contribution in [0.25, 0.3) is 0 Å². The number of rotatable bonds is 7. The van der Waals surface area contributed by atoms with Crippen molar-refractivity contribution in [3.63, 3.8) is 0 Å². The SMILES string of the molecule is Cl.O=C(CCC1CCNC1)NCc1ccccc1Cn1cccn1. The minimum atomic E-state index is 0. The summed E-state index contributed by atoms with van der Waals surface area (Å²) in [6.45, 7) is 3.46. The van der Waals surface area contributed by atoms with Crippen LogP contribution in [0.2, 0.25) is 0 Å². The van der Waals surface area contributed by atoms with Crippen LogP contribution in [0.1, 0.15) is 30.4 Å². The zero-order valence-electron chi connectivity index (χ0n) is 13.8. The Labute approximate surface area is 149 Å². The Kier molecular flexibility index (Phi) is 7.28. The Hall–Kier alpha value is -1.85. The van der Waals surface area contributed by atoms with Gasteiger partial charge in [0.1, 0.15) is 0 Å². The summed E-state index contributed by atoms with van der Waals surface area (Å²) in [5.74, 6) is 0.804. The fourth-order valence-electron chi connectivity index (χ4n) is 3.03. The van der Waals surface area contributed by atoms with Gasteiger partial charge < -0.3 is 10.6 Å². The zero-order chi connectivity index (χ0) is 15.9. The van der Waals surface area contributed by atoms with E-state index >= 15 is 0 Å². The van der Waals surface area contributed by atoms with Crippen molar-refractivity contribution in [3.05, 3.63) is 53.9 Å². The summed E-state index contributed by atoms with van der Waals surface area (Å²) in [6.07, 6.45) is 6.52. The quantitative estimate of drug-likeness (QED) is 0.807. The first kappa shape index (κ1) is 18.5. The van der Waals surface area contributed by atoms with Gasteiger partial charge in [-0.05, 0) is 49.0 Å². The van der Waals surface area contributed by atoms with Gasteiger partial charge in [0, 0.05) is 25.4 Å². The van der Waals surface area contributed by atoms with Crippen molar-refractivity contribution in [1.29, 1.82) is 0 Å². The van der Waals surface area contributed by atoms with Gasteiger partial charge in [0.2, 0.25) is 5.91 Å². The van der Waals surface area contributed by atoms with Gasteiger partial charge >= 0.3 is 0 Å². The molecule has 3 rings (SSSR count). The van der Waals surface area contributed by atoms with Crippen molar-refractivity contribution in [1.82, 2.24) is 20.4 Å². The lowest BCUT2D eigenvalue weighted by molar-refractivity contribution is -0.121. The van der Waals surface area contributed by atoms with Crippen molar-refractivity contribution < 1.29 is 4.79 Å². The van der Waals surface area contributed by atoms with E-state index in [1.807, 2.05) is 29.1 Å². The lowest BCUT2D eigenvalue weighted by atomic mass is 10.0. The molecule has 0 spiro atoms. The van der Waals surface area contributed by atoms with Gasteiger partial charge in [-0.15, -0.1) is 12.4 Å². The highest BCUT2D eigenvalue weighted by molar-refractivity contribution is 5.85. The summed E-state index contributed by atoms with van der Waals surface area (Å²) in [5.41, 5.74) is 2.34. The van der Waals surface area contributed by atoms with Crippen LogP contribution in [-0.2, 0) is 17.9 Å². The Morgan fingerprint density at radius 1 is 1.29 bits per heavy atom. The summed E-state index contributed by atoms with van der Waals surface area (Å²) in [7, 11) is 0. The molecule has 1 aromatic heterocycles. The third-order valence-corrected chi connectivity index (χ3v) is 4.43. The number of nitrogens with zero attached hydrogens (tertiary/aromatic N) is 2. The van der Waals surface area contributed by atoms with Crippen LogP contribution in [0.3, 0.4) is 0 Å². The van der Waals surface area contributed by atoms with Crippen molar-refractivity contribution in [2.75, 3.05) is 13.1 Å². The fraction of sp³-hybridized carbons (Fsp3) is 0.444. The monoisotopic (exact) mass is 348 g/mol. The molecule has 0 radical (unpaired) electrons. The molecule has 5 nitrogen and oxygen atoms in total. The highest BCUT2D eigenvalue weighted by atomic mass is 35.5. The van der Waals surface area contributed by atoms with Crippen LogP contribution in [-0.4, -0.2) is 28.8 Å². The van der Waals surface area contributed by atoms with Crippen molar-refractivity contribution >= 4 is 18.3 Å². The molecule has 1 amide bonds. The molecule has 2 heterocycles. The predicted molar refractivity (Wildman–Crippen MR) is 97.1 cm³/mol. The smallest absolute Gasteiger partial charge is 0.220 e. The number of halogens is 1. The van der Waals surface area contributed by atoms with Gasteiger partial charge in [0.05, 0.1) is 6.54 Å². The summed E-state index contributed by atoms with van der Waals surface area (Å²) < 4.78 is 1.90. The van der Waals surface area contributed by atoms with Crippen LogP contribution >= 0.6 is 12.4 Å². The summed E-state index contributed by atoms with van der Waals surface area (Å²) in [6, 6.07) is 10.1. The molecule has 1 unspecified atom stereocenters. The van der Waals surface area contributed by atoms with Crippen molar-refractivity contribution in [2.24, 2.45) is 5.92 Å². The second kappa shape index (κ2) is 9.45. The number of benzene rings is 1. The maximum Gasteiger partial charge on any atom is 0.220 e. The Bertz CT molecular complexity index is 624. The topological polar surface area (TPSA) is 59.0 Å². The fourth-order valence-corrected chi connectivity index (χ4v) is 3.03. The Balaban J connectivity index is 0.00000208. The molecule has 0 saturated carbocycles. The van der Waals surface area contributed by atoms with Gasteiger partial charge in [0.25, 0.3) is 0 Å². The molecule has 1 saturated heterocycles. The maximum absolute atomic E-state index is 12.1. The van der Waals surface area contributed by atoms with Crippen LogP contribution in [0, 0.1) is 5.92 Å². The van der Waals surface area contributed by atoms with E-state index in [2.05, 4.69) is 27.9 Å². The number of nitrogens with one attached hydrogen (secondary N) is 2. The van der Waals surface area contributed by atoms with Gasteiger partial charge in [0.15, 0.2) is 0 Å². The van der Waals surface area contributed by atoms with Gasteiger partial charge in [-0.1, -0.05) is 24.3 Å². The lowest BCUT2D eigenvalue weighted by Gasteiger charge is -2.12. The third-order valence-electron chi connectivity index (χ3n) is 4.43.